The summed E-state index contributed by atoms with van der Waals surface area (Å²) in [5.41, 5.74) is 1.09. The highest BCUT2D eigenvalue weighted by atomic mass is 31.2. The molecule has 1 aliphatic heterocycles. The minimum absolute atomic E-state index is 0.00948. The van der Waals surface area contributed by atoms with Gasteiger partial charge in [-0.15, -0.1) is 0 Å². The summed E-state index contributed by atoms with van der Waals surface area (Å²) in [6.45, 7) is 9.54. The zero-order valence-corrected chi connectivity index (χ0v) is 15.3. The van der Waals surface area contributed by atoms with Crippen molar-refractivity contribution in [1.82, 2.24) is 4.67 Å². The zero-order valence-electron chi connectivity index (χ0n) is 14.4. The molecule has 0 N–H and O–H groups in total. The van der Waals surface area contributed by atoms with Crippen LogP contribution in [0.4, 0.5) is 0 Å². The SMILES string of the molecule is CCC(CC)(CC)N1CC[C@H](C)O[P@@]1(=O)Cc1ccccc1. The zero-order chi connectivity index (χ0) is 16.2. The van der Waals surface area contributed by atoms with Gasteiger partial charge in [0.25, 0.3) is 7.52 Å². The van der Waals surface area contributed by atoms with Crippen molar-refractivity contribution in [2.24, 2.45) is 0 Å². The van der Waals surface area contributed by atoms with Gasteiger partial charge in [-0.1, -0.05) is 51.1 Å². The summed E-state index contributed by atoms with van der Waals surface area (Å²) in [5.74, 6) is 0. The second-order valence-corrected chi connectivity index (χ2v) is 8.68. The van der Waals surface area contributed by atoms with Crippen molar-refractivity contribution in [3.05, 3.63) is 35.9 Å². The van der Waals surface area contributed by atoms with Crippen molar-refractivity contribution in [2.75, 3.05) is 6.54 Å². The number of benzene rings is 1. The molecule has 0 amide bonds. The second kappa shape index (κ2) is 7.29. The first kappa shape index (κ1) is 17.7. The highest BCUT2D eigenvalue weighted by Crippen LogP contribution is 2.61. The third kappa shape index (κ3) is 3.48. The van der Waals surface area contributed by atoms with Gasteiger partial charge in [0.2, 0.25) is 0 Å². The molecule has 0 radical (unpaired) electrons. The van der Waals surface area contributed by atoms with Crippen LogP contribution in [0.3, 0.4) is 0 Å². The van der Waals surface area contributed by atoms with Gasteiger partial charge in [-0.2, -0.15) is 0 Å². The van der Waals surface area contributed by atoms with Gasteiger partial charge in [0, 0.05) is 12.1 Å². The molecule has 22 heavy (non-hydrogen) atoms. The molecule has 124 valence electrons. The van der Waals surface area contributed by atoms with Gasteiger partial charge in [-0.3, -0.25) is 4.57 Å². The van der Waals surface area contributed by atoms with Gasteiger partial charge in [0.1, 0.15) is 0 Å². The molecule has 1 saturated heterocycles. The predicted octanol–water partition coefficient (Wildman–Crippen LogP) is 5.46. The molecule has 0 unspecified atom stereocenters. The van der Waals surface area contributed by atoms with Crippen LogP contribution in [-0.2, 0) is 15.3 Å². The van der Waals surface area contributed by atoms with Crippen LogP contribution >= 0.6 is 7.52 Å². The molecular formula is C18H30NO2P. The number of hydrogen-bond acceptors (Lipinski definition) is 2. The van der Waals surface area contributed by atoms with E-state index in [0.717, 1.165) is 37.8 Å². The average molecular weight is 323 g/mol. The Labute approximate surface area is 135 Å². The maximum atomic E-state index is 13.8. The van der Waals surface area contributed by atoms with Crippen LogP contribution in [0.15, 0.2) is 30.3 Å². The maximum absolute atomic E-state index is 13.8. The van der Waals surface area contributed by atoms with E-state index in [1.54, 1.807) is 0 Å². The third-order valence-electron chi connectivity index (χ3n) is 5.21. The molecule has 4 heteroatoms. The summed E-state index contributed by atoms with van der Waals surface area (Å²) in [6, 6.07) is 10.1. The van der Waals surface area contributed by atoms with Crippen LogP contribution in [0.5, 0.6) is 0 Å². The molecule has 1 aromatic carbocycles. The van der Waals surface area contributed by atoms with Crippen LogP contribution < -0.4 is 0 Å². The quantitative estimate of drug-likeness (QED) is 0.651. The van der Waals surface area contributed by atoms with E-state index in [4.69, 9.17) is 4.52 Å². The van der Waals surface area contributed by atoms with Gasteiger partial charge >= 0.3 is 0 Å². The minimum Gasteiger partial charge on any atom is -0.314 e. The molecular weight excluding hydrogens is 293 g/mol. The number of hydrogen-bond donors (Lipinski definition) is 0. The van der Waals surface area contributed by atoms with Gasteiger partial charge in [-0.25, -0.2) is 4.67 Å². The largest absolute Gasteiger partial charge is 0.314 e. The average Bonchev–Trinajstić information content (AvgIpc) is 2.52. The lowest BCUT2D eigenvalue weighted by molar-refractivity contribution is 0.0684. The van der Waals surface area contributed by atoms with E-state index in [1.165, 1.54) is 0 Å². The summed E-state index contributed by atoms with van der Waals surface area (Å²) in [5, 5.41) is 0. The fourth-order valence-electron chi connectivity index (χ4n) is 3.64. The first-order valence-corrected chi connectivity index (χ1v) is 10.4. The Balaban J connectivity index is 2.35. The molecule has 1 aromatic rings. The molecule has 0 saturated carbocycles. The molecule has 3 nitrogen and oxygen atoms in total. The lowest BCUT2D eigenvalue weighted by atomic mass is 9.89. The summed E-state index contributed by atoms with van der Waals surface area (Å²) < 4.78 is 22.1. The Morgan fingerprint density at radius 2 is 1.77 bits per heavy atom. The highest BCUT2D eigenvalue weighted by Gasteiger charge is 2.47. The molecule has 1 fully saturated rings. The van der Waals surface area contributed by atoms with Crippen molar-refractivity contribution in [2.45, 2.75) is 71.2 Å². The smallest absolute Gasteiger partial charge is 0.277 e. The minimum atomic E-state index is -2.84. The molecule has 0 bridgehead atoms. The van der Waals surface area contributed by atoms with Crippen molar-refractivity contribution < 1.29 is 9.09 Å². The van der Waals surface area contributed by atoms with Crippen LogP contribution in [0.25, 0.3) is 0 Å². The molecule has 0 spiro atoms. The van der Waals surface area contributed by atoms with E-state index in [1.807, 2.05) is 37.3 Å². The fourth-order valence-corrected chi connectivity index (χ4v) is 6.83. The monoisotopic (exact) mass is 323 g/mol. The summed E-state index contributed by atoms with van der Waals surface area (Å²) in [4.78, 5) is 0. The topological polar surface area (TPSA) is 29.5 Å². The Kier molecular flexibility index (Phi) is 5.87. The number of nitrogens with zero attached hydrogens (tertiary/aromatic N) is 1. The number of rotatable bonds is 6. The Morgan fingerprint density at radius 1 is 1.18 bits per heavy atom. The lowest BCUT2D eigenvalue weighted by Crippen LogP contribution is -2.49. The van der Waals surface area contributed by atoms with Crippen LogP contribution in [0, 0.1) is 0 Å². The second-order valence-electron chi connectivity index (χ2n) is 6.39. The molecule has 2 rings (SSSR count). The normalized spacial score (nSPS) is 27.0. The Morgan fingerprint density at radius 3 is 2.32 bits per heavy atom. The molecule has 1 heterocycles. The Bertz CT molecular complexity index is 505. The van der Waals surface area contributed by atoms with E-state index in [-0.39, 0.29) is 11.6 Å². The van der Waals surface area contributed by atoms with E-state index < -0.39 is 7.52 Å². The lowest BCUT2D eigenvalue weighted by Gasteiger charge is -2.49. The van der Waals surface area contributed by atoms with Crippen molar-refractivity contribution in [3.63, 3.8) is 0 Å². The van der Waals surface area contributed by atoms with Gasteiger partial charge < -0.3 is 4.52 Å². The van der Waals surface area contributed by atoms with Gasteiger partial charge in [0.05, 0.1) is 12.3 Å². The summed E-state index contributed by atoms with van der Waals surface area (Å²) >= 11 is 0. The first-order valence-electron chi connectivity index (χ1n) is 8.59. The van der Waals surface area contributed by atoms with Crippen molar-refractivity contribution >= 4 is 7.52 Å². The molecule has 2 atom stereocenters. The van der Waals surface area contributed by atoms with Crippen molar-refractivity contribution in [3.8, 4) is 0 Å². The summed E-state index contributed by atoms with van der Waals surface area (Å²) in [6.07, 6.45) is 4.58. The standard InChI is InChI=1S/C18H30NO2P/c1-5-18(6-2,7-3)19-14-13-16(4)21-22(19,20)15-17-11-9-8-10-12-17/h8-12,16H,5-7,13-15H2,1-4H3/t16-,22-/m0/s1. The van der Waals surface area contributed by atoms with Gasteiger partial charge in [0.15, 0.2) is 0 Å². The van der Waals surface area contributed by atoms with E-state index in [0.29, 0.717) is 6.16 Å². The maximum Gasteiger partial charge on any atom is 0.277 e. The van der Waals surface area contributed by atoms with E-state index >= 15 is 0 Å². The third-order valence-corrected chi connectivity index (χ3v) is 8.02. The van der Waals surface area contributed by atoms with Crippen LogP contribution in [0.1, 0.15) is 58.9 Å². The Hall–Kier alpha value is -0.630. The van der Waals surface area contributed by atoms with E-state index in [9.17, 15) is 4.57 Å². The fraction of sp³-hybridized carbons (Fsp3) is 0.667. The molecule has 1 aliphatic rings. The molecule has 0 aliphatic carbocycles. The van der Waals surface area contributed by atoms with Crippen LogP contribution in [0.2, 0.25) is 0 Å². The predicted molar refractivity (Wildman–Crippen MR) is 93.2 cm³/mol. The molecule has 0 aromatic heterocycles. The van der Waals surface area contributed by atoms with Crippen LogP contribution in [-0.4, -0.2) is 22.9 Å². The summed E-state index contributed by atoms with van der Waals surface area (Å²) in [7, 11) is -2.84. The highest BCUT2D eigenvalue weighted by molar-refractivity contribution is 7.55. The van der Waals surface area contributed by atoms with Crippen molar-refractivity contribution in [1.29, 1.82) is 0 Å². The van der Waals surface area contributed by atoms with E-state index in [2.05, 4.69) is 25.4 Å². The van der Waals surface area contributed by atoms with Gasteiger partial charge in [-0.05, 0) is 38.2 Å². The first-order chi connectivity index (χ1) is 10.5.